The smallest absolute Gasteiger partial charge is 0.262 e. The minimum Gasteiger partial charge on any atom is -0.442 e. The van der Waals surface area contributed by atoms with Gasteiger partial charge in [0.15, 0.2) is 0 Å². The number of furan rings is 1. The van der Waals surface area contributed by atoms with Crippen molar-refractivity contribution in [2.24, 2.45) is 0 Å². The quantitative estimate of drug-likeness (QED) is 0.605. The lowest BCUT2D eigenvalue weighted by Crippen LogP contribution is -2.37. The highest BCUT2D eigenvalue weighted by Crippen LogP contribution is 2.30. The Balaban J connectivity index is 1.64. The number of rotatable bonds is 4. The molecule has 1 atom stereocenters. The minimum atomic E-state index is -0.532. The van der Waals surface area contributed by atoms with Crippen LogP contribution in [0.2, 0.25) is 0 Å². The van der Waals surface area contributed by atoms with Crippen LogP contribution < -0.4 is 15.8 Å². The van der Waals surface area contributed by atoms with Gasteiger partial charge in [0.05, 0.1) is 24.0 Å². The van der Waals surface area contributed by atoms with Gasteiger partial charge in [-0.05, 0) is 44.9 Å². The van der Waals surface area contributed by atoms with Gasteiger partial charge in [-0.15, -0.1) is 0 Å². The van der Waals surface area contributed by atoms with Gasteiger partial charge in [0.25, 0.3) is 11.5 Å². The lowest BCUT2D eigenvalue weighted by molar-refractivity contribution is 0.0939. The molecule has 0 bridgehead atoms. The summed E-state index contributed by atoms with van der Waals surface area (Å²) in [6.07, 6.45) is 2.15. The van der Waals surface area contributed by atoms with Crippen LogP contribution in [0.5, 0.6) is 0 Å². The van der Waals surface area contributed by atoms with E-state index in [1.54, 1.807) is 19.9 Å². The number of anilines is 1. The Bertz CT molecular complexity index is 1150. The number of aromatic nitrogens is 2. The molecular formula is C21H23FN4O4. The third-order valence-electron chi connectivity index (χ3n) is 5.51. The normalized spacial score (nSPS) is 16.1. The average molecular weight is 414 g/mol. The zero-order valence-electron chi connectivity index (χ0n) is 16.7. The summed E-state index contributed by atoms with van der Waals surface area (Å²) in [5.74, 6) is -0.623. The summed E-state index contributed by atoms with van der Waals surface area (Å²) in [7, 11) is 0. The molecule has 4 rings (SSSR count). The van der Waals surface area contributed by atoms with Crippen LogP contribution in [-0.4, -0.2) is 40.2 Å². The van der Waals surface area contributed by atoms with Crippen molar-refractivity contribution in [3.05, 3.63) is 57.6 Å². The summed E-state index contributed by atoms with van der Waals surface area (Å²) in [6, 6.07) is 3.95. The summed E-state index contributed by atoms with van der Waals surface area (Å²) in [4.78, 5) is 33.7. The maximum absolute atomic E-state index is 14.0. The highest BCUT2D eigenvalue weighted by Gasteiger charge is 2.26. The van der Waals surface area contributed by atoms with Crippen LogP contribution >= 0.6 is 0 Å². The second-order valence-electron chi connectivity index (χ2n) is 7.56. The Hall–Kier alpha value is -3.20. The molecule has 1 saturated heterocycles. The van der Waals surface area contributed by atoms with Crippen molar-refractivity contribution in [2.45, 2.75) is 38.8 Å². The number of piperidine rings is 1. The van der Waals surface area contributed by atoms with E-state index in [9.17, 15) is 19.1 Å². The summed E-state index contributed by atoms with van der Waals surface area (Å²) < 4.78 is 19.5. The van der Waals surface area contributed by atoms with Gasteiger partial charge in [-0.1, -0.05) is 0 Å². The number of benzene rings is 1. The molecule has 1 aromatic carbocycles. The van der Waals surface area contributed by atoms with E-state index in [4.69, 9.17) is 4.42 Å². The lowest BCUT2D eigenvalue weighted by atomic mass is 10.0. The number of aliphatic hydroxyl groups excluding tert-OH is 1. The van der Waals surface area contributed by atoms with Crippen LogP contribution in [-0.2, 0) is 0 Å². The van der Waals surface area contributed by atoms with E-state index in [0.29, 0.717) is 31.5 Å². The summed E-state index contributed by atoms with van der Waals surface area (Å²) in [6.45, 7) is 4.64. The maximum Gasteiger partial charge on any atom is 0.262 e. The van der Waals surface area contributed by atoms with E-state index < -0.39 is 23.3 Å². The topological polar surface area (TPSA) is 111 Å². The van der Waals surface area contributed by atoms with E-state index >= 15 is 0 Å². The van der Waals surface area contributed by atoms with Crippen molar-refractivity contribution in [1.82, 2.24) is 15.3 Å². The molecule has 8 nitrogen and oxygen atoms in total. The Kier molecular flexibility index (Phi) is 5.29. The largest absolute Gasteiger partial charge is 0.442 e. The first kappa shape index (κ1) is 20.1. The zero-order chi connectivity index (χ0) is 21.4. The van der Waals surface area contributed by atoms with Gasteiger partial charge in [-0.3, -0.25) is 9.59 Å². The van der Waals surface area contributed by atoms with Crippen LogP contribution in [0.4, 0.5) is 10.1 Å². The maximum atomic E-state index is 14.0. The molecule has 0 saturated carbocycles. The fraction of sp³-hybridized carbons (Fsp3) is 0.381. The molecule has 3 N–H and O–H groups in total. The lowest BCUT2D eigenvalue weighted by Gasteiger charge is -2.34. The number of H-pyrrole nitrogens is 1. The first-order valence-corrected chi connectivity index (χ1v) is 9.85. The molecule has 2 aromatic heterocycles. The Morgan fingerprint density at radius 1 is 1.40 bits per heavy atom. The average Bonchev–Trinajstić information content (AvgIpc) is 3.06. The SMILES string of the molecule is Cc1oc2nc[nH]c(=O)c2c1C(=O)NC(C)c1cc(F)ccc1N1CCC(O)CC1. The number of hydrogen-bond donors (Lipinski definition) is 3. The van der Waals surface area contributed by atoms with E-state index in [1.165, 1.54) is 18.5 Å². The third kappa shape index (κ3) is 3.68. The molecule has 1 amide bonds. The van der Waals surface area contributed by atoms with Crippen LogP contribution in [0.15, 0.2) is 33.7 Å². The summed E-state index contributed by atoms with van der Waals surface area (Å²) in [5.41, 5.74) is 1.17. The van der Waals surface area contributed by atoms with Crippen molar-refractivity contribution in [3.8, 4) is 0 Å². The van der Waals surface area contributed by atoms with E-state index in [1.807, 2.05) is 0 Å². The van der Waals surface area contributed by atoms with Crippen LogP contribution in [0.25, 0.3) is 11.1 Å². The molecule has 1 fully saturated rings. The van der Waals surface area contributed by atoms with Gasteiger partial charge in [0, 0.05) is 24.3 Å². The molecule has 0 radical (unpaired) electrons. The van der Waals surface area contributed by atoms with Crippen LogP contribution in [0, 0.1) is 12.7 Å². The number of hydrogen-bond acceptors (Lipinski definition) is 6. The number of nitrogens with one attached hydrogen (secondary N) is 2. The van der Waals surface area contributed by atoms with E-state index in [-0.39, 0.29) is 28.5 Å². The molecule has 0 spiro atoms. The van der Waals surface area contributed by atoms with Gasteiger partial charge in [0.2, 0.25) is 5.71 Å². The van der Waals surface area contributed by atoms with E-state index in [2.05, 4.69) is 20.2 Å². The number of amides is 1. The molecule has 1 aliphatic heterocycles. The molecule has 1 unspecified atom stereocenters. The summed E-state index contributed by atoms with van der Waals surface area (Å²) in [5, 5.41) is 12.7. The minimum absolute atomic E-state index is 0.0872. The molecule has 1 aliphatic rings. The van der Waals surface area contributed by atoms with Crippen molar-refractivity contribution in [3.63, 3.8) is 0 Å². The fourth-order valence-corrected chi connectivity index (χ4v) is 3.94. The second kappa shape index (κ2) is 7.91. The Labute approximate surface area is 171 Å². The predicted molar refractivity (Wildman–Crippen MR) is 109 cm³/mol. The fourth-order valence-electron chi connectivity index (χ4n) is 3.94. The van der Waals surface area contributed by atoms with Gasteiger partial charge in [-0.25, -0.2) is 9.37 Å². The standard InChI is InChI=1S/C21H23FN4O4/c1-11(15-9-13(22)3-4-16(15)26-7-5-14(27)6-8-26)25-20(29)17-12(2)30-21-18(17)19(28)23-10-24-21/h3-4,9-11,14,27H,5-8H2,1-2H3,(H,25,29)(H,23,24,28). The Morgan fingerprint density at radius 2 is 2.13 bits per heavy atom. The van der Waals surface area contributed by atoms with Crippen molar-refractivity contribution in [1.29, 1.82) is 0 Å². The van der Waals surface area contributed by atoms with Crippen molar-refractivity contribution in [2.75, 3.05) is 18.0 Å². The van der Waals surface area contributed by atoms with Crippen molar-refractivity contribution >= 4 is 22.7 Å². The van der Waals surface area contributed by atoms with Crippen molar-refractivity contribution < 1.29 is 18.7 Å². The highest BCUT2D eigenvalue weighted by molar-refractivity contribution is 6.06. The third-order valence-corrected chi connectivity index (χ3v) is 5.51. The first-order chi connectivity index (χ1) is 14.3. The zero-order valence-corrected chi connectivity index (χ0v) is 16.7. The molecule has 9 heteroatoms. The van der Waals surface area contributed by atoms with Gasteiger partial charge in [0.1, 0.15) is 17.0 Å². The van der Waals surface area contributed by atoms with Gasteiger partial charge >= 0.3 is 0 Å². The van der Waals surface area contributed by atoms with E-state index in [0.717, 1.165) is 5.69 Å². The molecule has 158 valence electrons. The molecule has 30 heavy (non-hydrogen) atoms. The number of aromatic amines is 1. The van der Waals surface area contributed by atoms with Gasteiger partial charge in [-0.2, -0.15) is 0 Å². The number of fused-ring (bicyclic) bond motifs is 1. The number of carbonyl (C=O) groups is 1. The van der Waals surface area contributed by atoms with Crippen LogP contribution in [0.3, 0.4) is 0 Å². The molecule has 3 heterocycles. The summed E-state index contributed by atoms with van der Waals surface area (Å²) >= 11 is 0. The number of aryl methyl sites for hydroxylation is 1. The van der Waals surface area contributed by atoms with Gasteiger partial charge < -0.3 is 24.7 Å². The second-order valence-corrected chi connectivity index (χ2v) is 7.56. The number of nitrogens with zero attached hydrogens (tertiary/aromatic N) is 2. The van der Waals surface area contributed by atoms with Crippen LogP contribution in [0.1, 0.15) is 47.5 Å². The highest BCUT2D eigenvalue weighted by atomic mass is 19.1. The predicted octanol–water partition coefficient (Wildman–Crippen LogP) is 2.42. The monoisotopic (exact) mass is 414 g/mol. The Morgan fingerprint density at radius 3 is 2.87 bits per heavy atom. The first-order valence-electron chi connectivity index (χ1n) is 9.85. The molecule has 0 aliphatic carbocycles. The number of carbonyl (C=O) groups excluding carboxylic acids is 1. The number of halogens is 1. The molecule has 3 aromatic rings. The molecular weight excluding hydrogens is 391 g/mol. The number of aliphatic hydroxyl groups is 1.